The van der Waals surface area contributed by atoms with Crippen LogP contribution in [-0.2, 0) is 85.3 Å². The lowest BCUT2D eigenvalue weighted by molar-refractivity contribution is -0.0719. The van der Waals surface area contributed by atoms with Gasteiger partial charge in [-0.25, -0.2) is 0 Å². The van der Waals surface area contributed by atoms with Crippen LogP contribution in [-0.4, -0.2) is 266 Å². The smallest absolute Gasteiger partial charge is 0.0707 e. The second-order valence-electron chi connectivity index (χ2n) is 52.0. The molecule has 820 valence electrons. The highest BCUT2D eigenvalue weighted by Gasteiger charge is 2.20. The zero-order valence-corrected chi connectivity index (χ0v) is 99.6. The first-order valence-corrected chi connectivity index (χ1v) is 53.2. The van der Waals surface area contributed by atoms with E-state index in [1.54, 1.807) is 7.11 Å². The van der Waals surface area contributed by atoms with Gasteiger partial charge in [0, 0.05) is 164 Å². The topological polar surface area (TPSA) is 181 Å². The zero-order valence-electron chi connectivity index (χ0n) is 99.6. The van der Waals surface area contributed by atoms with Crippen LogP contribution in [0.1, 0.15) is 459 Å². The van der Waals surface area contributed by atoms with E-state index in [9.17, 15) is 0 Å². The third-order valence-electron chi connectivity index (χ3n) is 17.8. The van der Waals surface area contributed by atoms with Crippen LogP contribution in [0.3, 0.4) is 0 Å². The van der Waals surface area contributed by atoms with Gasteiger partial charge in [0.1, 0.15) is 0 Å². The molecule has 20 nitrogen and oxygen atoms in total. The molecule has 0 saturated carbocycles. The number of methoxy groups -OCH3 is 1. The maximum atomic E-state index is 5.73. The van der Waals surface area contributed by atoms with Crippen LogP contribution in [0.25, 0.3) is 0 Å². The quantitative estimate of drug-likeness (QED) is 0.0567. The third kappa shape index (κ3) is 183. The molecule has 0 heterocycles. The molecule has 0 atom stereocenters. The number of nitrogens with one attached hydrogen (secondary N) is 1. The highest BCUT2D eigenvalue weighted by atomic mass is 16.6. The Bertz CT molecular complexity index is 2210. The lowest BCUT2D eigenvalue weighted by atomic mass is 9.89. The zero-order chi connectivity index (χ0) is 105. The molecule has 0 fully saturated rings. The molecule has 0 radical (unpaired) electrons. The summed E-state index contributed by atoms with van der Waals surface area (Å²) in [5.74, 6) is 0. The van der Waals surface area contributed by atoms with Crippen LogP contribution in [0.5, 0.6) is 0 Å². The van der Waals surface area contributed by atoms with Gasteiger partial charge >= 0.3 is 0 Å². The van der Waals surface area contributed by atoms with Gasteiger partial charge in [-0.3, -0.25) is 0 Å². The molecule has 0 aliphatic rings. The molecule has 0 amide bonds. The standard InChI is InChI=1S/C22H46O4.C19H41NO3.C19H40O3.C13H28O2.C11H25NO.2C10H22O2.C10H22O/c1-21(2,3)13-8-7-9-14-23-15-10-16-24-17-11-18-25-19-12-20-26-22(4,5)6;1-18(2,3)17-22-15-10-14-21-13-8-11-20(7)12-9-16-23-19(4,5)6;1-18(2,3)12-8-7-9-13-20-14-10-15-21-16-11-17-22-19(4,5)6;1-13(2,3)9-6-5-7-11-15-12-8-10-14-4;1-10(2,3)12-8-7-9-13-11(4,5)6;2*1-9(2,3)11-7-8-12-10(4,5)6;1-9(2,3)7-8-11-10(4,5)6/h7-20H2,1-6H3;8-17H2,1-7H3;7-17H2,1-6H3;5-12H2,1-4H3;12H,7-9H2,1-6H3;2*7-8H2,1-6H3;7-8H2,1-6H3. The third-order valence-corrected chi connectivity index (χ3v) is 17.8. The molecule has 0 aromatic rings. The van der Waals surface area contributed by atoms with E-state index in [4.69, 9.17) is 85.3 Å². The fourth-order valence-electron chi connectivity index (χ4n) is 10.9. The fraction of sp³-hybridized carbons (Fsp3) is 1.00. The summed E-state index contributed by atoms with van der Waals surface area (Å²) in [5, 5.41) is 3.43. The highest BCUT2D eigenvalue weighted by molar-refractivity contribution is 4.72. The van der Waals surface area contributed by atoms with E-state index in [1.165, 1.54) is 77.0 Å². The summed E-state index contributed by atoms with van der Waals surface area (Å²) in [6.07, 6.45) is 26.5. The van der Waals surface area contributed by atoms with E-state index in [1.807, 2.05) is 83.1 Å². The van der Waals surface area contributed by atoms with Crippen LogP contribution >= 0.6 is 0 Å². The first-order valence-electron chi connectivity index (χ1n) is 53.2. The number of ether oxygens (including phenoxy) is 18. The maximum Gasteiger partial charge on any atom is 0.0707 e. The van der Waals surface area contributed by atoms with E-state index < -0.39 is 0 Å². The van der Waals surface area contributed by atoms with Gasteiger partial charge in [-0.05, 0) is 358 Å². The molecule has 0 aliphatic heterocycles. The Morgan fingerprint density at radius 1 is 0.172 bits per heavy atom. The lowest BCUT2D eigenvalue weighted by Crippen LogP contribution is -2.37. The normalized spacial score (nSPS) is 13.0. The first kappa shape index (κ1) is 149. The minimum Gasteiger partial charge on any atom is -0.385 e. The maximum absolute atomic E-state index is 5.73. The van der Waals surface area contributed by atoms with Gasteiger partial charge < -0.3 is 95.5 Å². The fourth-order valence-corrected chi connectivity index (χ4v) is 10.9. The van der Waals surface area contributed by atoms with Crippen molar-refractivity contribution in [1.29, 1.82) is 0 Å². The van der Waals surface area contributed by atoms with Crippen molar-refractivity contribution in [3.8, 4) is 0 Å². The Morgan fingerprint density at radius 3 is 0.597 bits per heavy atom. The summed E-state index contributed by atoms with van der Waals surface area (Å²) in [5.41, 5.74) is 1.97. The summed E-state index contributed by atoms with van der Waals surface area (Å²) >= 11 is 0. The van der Waals surface area contributed by atoms with Crippen molar-refractivity contribution in [2.24, 2.45) is 27.1 Å². The Labute approximate surface area is 838 Å². The van der Waals surface area contributed by atoms with E-state index in [0.29, 0.717) is 48.1 Å². The van der Waals surface area contributed by atoms with Crippen molar-refractivity contribution in [2.45, 2.75) is 515 Å². The summed E-state index contributed by atoms with van der Waals surface area (Å²) in [4.78, 5) is 2.35. The largest absolute Gasteiger partial charge is 0.385 e. The van der Waals surface area contributed by atoms with Crippen molar-refractivity contribution in [3.63, 3.8) is 0 Å². The monoisotopic (exact) mass is 1930 g/mol. The molecule has 20 heteroatoms. The Kier molecular flexibility index (Phi) is 94.7. The molecular weight excluding hydrogens is 1690 g/mol. The second-order valence-corrected chi connectivity index (χ2v) is 52.0. The van der Waals surface area contributed by atoms with Crippen LogP contribution in [0, 0.1) is 27.1 Å². The Hall–Kier alpha value is -0.800. The van der Waals surface area contributed by atoms with Crippen molar-refractivity contribution in [2.75, 3.05) is 206 Å². The van der Waals surface area contributed by atoms with E-state index in [0.717, 1.165) is 236 Å². The molecule has 0 rings (SSSR count). The van der Waals surface area contributed by atoms with Gasteiger partial charge in [-0.15, -0.1) is 0 Å². The van der Waals surface area contributed by atoms with Gasteiger partial charge in [-0.1, -0.05) is 142 Å². The van der Waals surface area contributed by atoms with E-state index >= 15 is 0 Å². The lowest BCUT2D eigenvalue weighted by Gasteiger charge is -2.23. The molecule has 0 spiro atoms. The predicted molar refractivity (Wildman–Crippen MR) is 578 cm³/mol. The van der Waals surface area contributed by atoms with Gasteiger partial charge in [0.15, 0.2) is 0 Å². The summed E-state index contributed by atoms with van der Waals surface area (Å²) in [6, 6.07) is 0. The van der Waals surface area contributed by atoms with Gasteiger partial charge in [0.25, 0.3) is 0 Å². The average molecular weight is 1930 g/mol. The van der Waals surface area contributed by atoms with Crippen molar-refractivity contribution >= 4 is 0 Å². The van der Waals surface area contributed by atoms with Gasteiger partial charge in [0.05, 0.1) is 83.4 Å². The molecule has 0 bridgehead atoms. The molecule has 134 heavy (non-hydrogen) atoms. The molecule has 0 aromatic heterocycles. The molecular formula is C114H246N2O18. The van der Waals surface area contributed by atoms with Gasteiger partial charge in [-0.2, -0.15) is 0 Å². The van der Waals surface area contributed by atoms with Crippen LogP contribution in [0.4, 0.5) is 0 Å². The number of rotatable bonds is 64. The van der Waals surface area contributed by atoms with Crippen LogP contribution in [0.15, 0.2) is 0 Å². The van der Waals surface area contributed by atoms with E-state index in [2.05, 4.69) is 246 Å². The number of nitrogens with zero attached hydrogens (tertiary/aromatic N) is 1. The van der Waals surface area contributed by atoms with Crippen molar-refractivity contribution in [3.05, 3.63) is 0 Å². The molecule has 0 saturated heterocycles. The summed E-state index contributed by atoms with van der Waals surface area (Å²) in [6.45, 7) is 120. The summed E-state index contributed by atoms with van der Waals surface area (Å²) < 4.78 is 100.0. The number of hydrogen-bond acceptors (Lipinski definition) is 20. The summed E-state index contributed by atoms with van der Waals surface area (Å²) in [7, 11) is 3.89. The van der Waals surface area contributed by atoms with Crippen molar-refractivity contribution in [1.82, 2.24) is 10.2 Å². The molecule has 0 aromatic carbocycles. The minimum absolute atomic E-state index is 0.00172. The predicted octanol–water partition coefficient (Wildman–Crippen LogP) is 29.5. The second kappa shape index (κ2) is 85.4. The molecule has 0 aliphatic carbocycles. The SMILES string of the molecule is CC(C)(C)CCCCCOCCCOCCCOC(C)(C)C.CC(C)(C)CCCCCOCCCOCCCOCCCOC(C)(C)C.CC(C)(C)CCOC(C)(C)C.CC(C)(C)NCCCOC(C)(C)C.CC(C)(C)OCCOC(C)(C)C.CC(C)(C)OCCOC(C)(C)C.CN(CCCOCCCOCC(C)(C)C)CCCOC(C)(C)C.COCCCOCCCCCC(C)(C)C. The van der Waals surface area contributed by atoms with Crippen LogP contribution < -0.4 is 5.32 Å². The number of unbranched alkanes of at least 4 members (excludes halogenated alkanes) is 6. The number of hydrogen-bond donors (Lipinski definition) is 1. The van der Waals surface area contributed by atoms with Crippen LogP contribution in [0.2, 0.25) is 0 Å². The van der Waals surface area contributed by atoms with E-state index in [-0.39, 0.29) is 61.4 Å². The Balaban J connectivity index is -0.000000230. The van der Waals surface area contributed by atoms with Crippen molar-refractivity contribution < 1.29 is 85.3 Å². The van der Waals surface area contributed by atoms with Gasteiger partial charge in [0.2, 0.25) is 0 Å². The highest BCUT2D eigenvalue weighted by Crippen LogP contribution is 2.26. The molecule has 0 unspecified atom stereocenters. The first-order chi connectivity index (χ1) is 60.9. The molecule has 1 N–H and O–H groups in total. The average Bonchev–Trinajstić information content (AvgIpc) is 0.931. The Morgan fingerprint density at radius 2 is 0.366 bits per heavy atom. The minimum atomic E-state index is -0.0543.